The van der Waals surface area contributed by atoms with Crippen LogP contribution in [-0.2, 0) is 14.4 Å². The Kier molecular flexibility index (Phi) is 6.52. The molecule has 0 aromatic heterocycles. The van der Waals surface area contributed by atoms with Gasteiger partial charge in [-0.3, -0.25) is 14.4 Å². The van der Waals surface area contributed by atoms with Crippen LogP contribution in [0.5, 0.6) is 0 Å². The highest BCUT2D eigenvalue weighted by Gasteiger charge is 2.23. The van der Waals surface area contributed by atoms with Crippen molar-refractivity contribution in [2.75, 3.05) is 49.5 Å². The molecule has 0 spiro atoms. The van der Waals surface area contributed by atoms with Gasteiger partial charge in [-0.15, -0.1) is 0 Å². The summed E-state index contributed by atoms with van der Waals surface area (Å²) in [7, 11) is 0. The van der Waals surface area contributed by atoms with Gasteiger partial charge in [0.2, 0.25) is 17.7 Å². The molecule has 7 heteroatoms. The Balaban J connectivity index is 2.07. The Labute approximate surface area is 148 Å². The van der Waals surface area contributed by atoms with Crippen LogP contribution in [0.3, 0.4) is 0 Å². The lowest BCUT2D eigenvalue weighted by atomic mass is 10.2. The molecule has 136 valence electrons. The van der Waals surface area contributed by atoms with Crippen LogP contribution in [0.1, 0.15) is 20.8 Å². The van der Waals surface area contributed by atoms with Crippen molar-refractivity contribution in [2.45, 2.75) is 20.8 Å². The van der Waals surface area contributed by atoms with Crippen molar-refractivity contribution in [1.29, 1.82) is 0 Å². The van der Waals surface area contributed by atoms with Crippen molar-refractivity contribution >= 4 is 29.1 Å². The summed E-state index contributed by atoms with van der Waals surface area (Å²) in [5.74, 6) is -0.451. The lowest BCUT2D eigenvalue weighted by Crippen LogP contribution is -2.51. The molecule has 1 saturated heterocycles. The van der Waals surface area contributed by atoms with Crippen molar-refractivity contribution in [3.63, 3.8) is 0 Å². The fourth-order valence-corrected chi connectivity index (χ4v) is 2.89. The Hall–Kier alpha value is -2.41. The highest BCUT2D eigenvalue weighted by Crippen LogP contribution is 2.20. The predicted octanol–water partition coefficient (Wildman–Crippen LogP) is 1.16. The summed E-state index contributed by atoms with van der Waals surface area (Å²) in [5.41, 5.74) is 1.19. The van der Waals surface area contributed by atoms with Gasteiger partial charge in [-0.05, 0) is 24.7 Å². The fourth-order valence-electron chi connectivity index (χ4n) is 2.89. The van der Waals surface area contributed by atoms with Gasteiger partial charge in [-0.2, -0.15) is 0 Å². The molecule has 1 fully saturated rings. The Morgan fingerprint density at radius 1 is 1.12 bits per heavy atom. The zero-order chi connectivity index (χ0) is 18.4. The number of nitrogens with one attached hydrogen (secondary N) is 1. The number of piperazine rings is 1. The highest BCUT2D eigenvalue weighted by atomic mass is 16.2. The summed E-state index contributed by atoms with van der Waals surface area (Å²) < 4.78 is 0. The van der Waals surface area contributed by atoms with Gasteiger partial charge < -0.3 is 20.0 Å². The number of amides is 3. The molecule has 7 nitrogen and oxygen atoms in total. The van der Waals surface area contributed by atoms with E-state index in [1.54, 1.807) is 29.2 Å². The second kappa shape index (κ2) is 8.62. The molecule has 0 bridgehead atoms. The van der Waals surface area contributed by atoms with E-state index >= 15 is 0 Å². The Bertz CT molecular complexity index is 639. The van der Waals surface area contributed by atoms with Crippen LogP contribution >= 0.6 is 0 Å². The Morgan fingerprint density at radius 2 is 1.80 bits per heavy atom. The van der Waals surface area contributed by atoms with Crippen molar-refractivity contribution in [1.82, 2.24) is 9.80 Å². The van der Waals surface area contributed by atoms with Crippen LogP contribution in [0.2, 0.25) is 0 Å². The molecular formula is C18H26N4O3. The Morgan fingerprint density at radius 3 is 2.36 bits per heavy atom. The van der Waals surface area contributed by atoms with Crippen molar-refractivity contribution < 1.29 is 14.4 Å². The maximum atomic E-state index is 12.6. The number of benzene rings is 1. The molecule has 1 aromatic rings. The second-order valence-electron chi connectivity index (χ2n) is 6.15. The molecular weight excluding hydrogens is 320 g/mol. The minimum absolute atomic E-state index is 0.00494. The van der Waals surface area contributed by atoms with E-state index in [2.05, 4.69) is 17.1 Å². The molecule has 1 aromatic carbocycles. The van der Waals surface area contributed by atoms with E-state index in [0.29, 0.717) is 24.5 Å². The second-order valence-corrected chi connectivity index (χ2v) is 6.15. The summed E-state index contributed by atoms with van der Waals surface area (Å²) in [6.45, 7) is 9.05. The van der Waals surface area contributed by atoms with E-state index < -0.39 is 0 Å². The van der Waals surface area contributed by atoms with E-state index in [0.717, 1.165) is 19.6 Å². The topological polar surface area (TPSA) is 73.0 Å². The summed E-state index contributed by atoms with van der Waals surface area (Å²) >= 11 is 0. The summed E-state index contributed by atoms with van der Waals surface area (Å²) in [4.78, 5) is 41.4. The summed E-state index contributed by atoms with van der Waals surface area (Å²) in [6, 6.07) is 6.95. The molecule has 0 atom stereocenters. The van der Waals surface area contributed by atoms with Gasteiger partial charge in [-0.25, -0.2) is 0 Å². The first-order valence-electron chi connectivity index (χ1n) is 8.56. The van der Waals surface area contributed by atoms with Crippen LogP contribution in [-0.4, -0.2) is 66.8 Å². The van der Waals surface area contributed by atoms with Gasteiger partial charge in [0.15, 0.2) is 0 Å². The van der Waals surface area contributed by atoms with Crippen molar-refractivity contribution in [3.05, 3.63) is 24.3 Å². The molecule has 1 N–H and O–H groups in total. The van der Waals surface area contributed by atoms with E-state index in [4.69, 9.17) is 0 Å². The normalized spacial score (nSPS) is 14.9. The number of carbonyl (C=O) groups is 3. The maximum Gasteiger partial charge on any atom is 0.242 e. The standard InChI is InChI=1S/C18H26N4O3/c1-4-20-8-10-21(11-9-20)18(25)13-22(15(3)24)17-7-5-6-16(12-17)19-14(2)23/h5-7,12H,4,8-11,13H2,1-3H3,(H,19,23). The quantitative estimate of drug-likeness (QED) is 0.868. The predicted molar refractivity (Wildman–Crippen MR) is 97.5 cm³/mol. The number of nitrogens with zero attached hydrogens (tertiary/aromatic N) is 3. The van der Waals surface area contributed by atoms with Gasteiger partial charge in [-0.1, -0.05) is 13.0 Å². The molecule has 1 aliphatic rings. The lowest BCUT2D eigenvalue weighted by Gasteiger charge is -2.35. The first-order chi connectivity index (χ1) is 11.9. The van der Waals surface area contributed by atoms with Crippen molar-refractivity contribution in [2.24, 2.45) is 0 Å². The van der Waals surface area contributed by atoms with E-state index in [1.165, 1.54) is 18.7 Å². The van der Waals surface area contributed by atoms with Gasteiger partial charge in [0.1, 0.15) is 6.54 Å². The summed E-state index contributed by atoms with van der Waals surface area (Å²) in [5, 5.41) is 2.69. The van der Waals surface area contributed by atoms with E-state index in [1.807, 2.05) is 0 Å². The molecule has 1 aliphatic heterocycles. The molecule has 2 rings (SSSR count). The highest BCUT2D eigenvalue weighted by molar-refractivity contribution is 5.98. The number of hydrogen-bond acceptors (Lipinski definition) is 4. The lowest BCUT2D eigenvalue weighted by molar-refractivity contribution is -0.132. The van der Waals surface area contributed by atoms with E-state index in [-0.39, 0.29) is 24.3 Å². The first-order valence-corrected chi connectivity index (χ1v) is 8.56. The minimum atomic E-state index is -0.208. The zero-order valence-corrected chi connectivity index (χ0v) is 15.1. The number of carbonyl (C=O) groups excluding carboxylic acids is 3. The number of rotatable bonds is 5. The number of hydrogen-bond donors (Lipinski definition) is 1. The average Bonchev–Trinajstić information content (AvgIpc) is 2.59. The van der Waals surface area contributed by atoms with Crippen LogP contribution in [0, 0.1) is 0 Å². The van der Waals surface area contributed by atoms with Gasteiger partial charge in [0.25, 0.3) is 0 Å². The van der Waals surface area contributed by atoms with Crippen LogP contribution in [0.25, 0.3) is 0 Å². The third-order valence-electron chi connectivity index (χ3n) is 4.32. The van der Waals surface area contributed by atoms with Crippen LogP contribution < -0.4 is 10.2 Å². The molecule has 0 radical (unpaired) electrons. The largest absolute Gasteiger partial charge is 0.339 e. The molecule has 1 heterocycles. The van der Waals surface area contributed by atoms with E-state index in [9.17, 15) is 14.4 Å². The van der Waals surface area contributed by atoms with Gasteiger partial charge >= 0.3 is 0 Å². The molecule has 3 amide bonds. The number of anilines is 2. The van der Waals surface area contributed by atoms with Crippen molar-refractivity contribution in [3.8, 4) is 0 Å². The fraction of sp³-hybridized carbons (Fsp3) is 0.500. The molecule has 0 unspecified atom stereocenters. The average molecular weight is 346 g/mol. The first kappa shape index (κ1) is 18.9. The molecule has 0 saturated carbocycles. The van der Waals surface area contributed by atoms with Crippen LogP contribution in [0.4, 0.5) is 11.4 Å². The third-order valence-corrected chi connectivity index (χ3v) is 4.32. The van der Waals surface area contributed by atoms with Gasteiger partial charge in [0.05, 0.1) is 0 Å². The maximum absolute atomic E-state index is 12.6. The molecule has 0 aliphatic carbocycles. The minimum Gasteiger partial charge on any atom is -0.339 e. The third kappa shape index (κ3) is 5.29. The smallest absolute Gasteiger partial charge is 0.242 e. The van der Waals surface area contributed by atoms with Gasteiger partial charge in [0, 0.05) is 51.4 Å². The summed E-state index contributed by atoms with van der Waals surface area (Å²) in [6.07, 6.45) is 0. The SMILES string of the molecule is CCN1CCN(C(=O)CN(C(C)=O)c2cccc(NC(C)=O)c2)CC1. The number of likely N-dealkylation sites (N-methyl/N-ethyl adjacent to an activating group) is 1. The van der Waals surface area contributed by atoms with Crippen LogP contribution in [0.15, 0.2) is 24.3 Å². The monoisotopic (exact) mass is 346 g/mol. The zero-order valence-electron chi connectivity index (χ0n) is 15.1. The molecule has 25 heavy (non-hydrogen) atoms.